The Morgan fingerprint density at radius 2 is 2.00 bits per heavy atom. The molecule has 0 saturated carbocycles. The first kappa shape index (κ1) is 12.9. The van der Waals surface area contributed by atoms with Crippen LogP contribution in [0.5, 0.6) is 0 Å². The van der Waals surface area contributed by atoms with E-state index in [-0.39, 0.29) is 0 Å². The van der Waals surface area contributed by atoms with Gasteiger partial charge in [0.1, 0.15) is 0 Å². The summed E-state index contributed by atoms with van der Waals surface area (Å²) in [7, 11) is 0. The molecule has 2 saturated heterocycles. The monoisotopic (exact) mass is 259 g/mol. The van der Waals surface area contributed by atoms with Gasteiger partial charge < -0.3 is 10.2 Å². The van der Waals surface area contributed by atoms with Crippen molar-refractivity contribution in [2.45, 2.75) is 64.1 Å². The number of aryl methyl sites for hydroxylation is 1. The van der Waals surface area contributed by atoms with Crippen LogP contribution in [0.1, 0.15) is 44.6 Å². The van der Waals surface area contributed by atoms with Gasteiger partial charge in [-0.15, -0.1) is 0 Å². The van der Waals surface area contributed by atoms with Gasteiger partial charge in [0.2, 0.25) is 0 Å². The van der Waals surface area contributed by atoms with E-state index in [1.807, 2.05) is 12.4 Å². The number of pyridine rings is 1. The fourth-order valence-corrected chi connectivity index (χ4v) is 3.79. The smallest absolute Gasteiger partial charge is 0.0560 e. The zero-order chi connectivity index (χ0) is 13.2. The van der Waals surface area contributed by atoms with E-state index in [4.69, 9.17) is 0 Å². The van der Waals surface area contributed by atoms with E-state index < -0.39 is 0 Å². The summed E-state index contributed by atoms with van der Waals surface area (Å²) < 4.78 is 0. The summed E-state index contributed by atoms with van der Waals surface area (Å²) in [6.45, 7) is 5.54. The van der Waals surface area contributed by atoms with Crippen LogP contribution in [0.25, 0.3) is 0 Å². The SMILES string of the molecule is CCCNC1CC2CCC(C1)N2c1cncc(C)c1. The van der Waals surface area contributed by atoms with E-state index in [2.05, 4.69) is 35.1 Å². The van der Waals surface area contributed by atoms with Gasteiger partial charge in [-0.3, -0.25) is 4.98 Å². The number of nitrogens with zero attached hydrogens (tertiary/aromatic N) is 2. The second-order valence-electron chi connectivity index (χ2n) is 6.14. The van der Waals surface area contributed by atoms with E-state index in [0.717, 1.165) is 24.7 Å². The van der Waals surface area contributed by atoms with Crippen LogP contribution in [0.4, 0.5) is 5.69 Å². The Morgan fingerprint density at radius 1 is 1.26 bits per heavy atom. The fourth-order valence-electron chi connectivity index (χ4n) is 3.79. The summed E-state index contributed by atoms with van der Waals surface area (Å²) in [5.41, 5.74) is 2.60. The summed E-state index contributed by atoms with van der Waals surface area (Å²) in [6.07, 6.45) is 10.5. The molecule has 2 bridgehead atoms. The molecule has 2 aliphatic heterocycles. The standard InChI is InChI=1S/C16H25N3/c1-3-6-18-13-8-14-4-5-15(9-13)19(14)16-7-12(2)10-17-11-16/h7,10-11,13-15,18H,3-6,8-9H2,1-2H3. The van der Waals surface area contributed by atoms with Gasteiger partial charge >= 0.3 is 0 Å². The minimum Gasteiger partial charge on any atom is -0.364 e. The molecule has 0 spiro atoms. The van der Waals surface area contributed by atoms with Gasteiger partial charge in [0.15, 0.2) is 0 Å². The summed E-state index contributed by atoms with van der Waals surface area (Å²) >= 11 is 0. The molecule has 0 radical (unpaired) electrons. The Morgan fingerprint density at radius 3 is 2.63 bits per heavy atom. The van der Waals surface area contributed by atoms with Crippen LogP contribution in [0.3, 0.4) is 0 Å². The van der Waals surface area contributed by atoms with E-state index in [1.165, 1.54) is 43.4 Å². The highest BCUT2D eigenvalue weighted by Crippen LogP contribution is 2.39. The minimum atomic E-state index is 0.719. The van der Waals surface area contributed by atoms with Crippen LogP contribution < -0.4 is 10.2 Å². The van der Waals surface area contributed by atoms with E-state index in [1.54, 1.807) is 0 Å². The Bertz CT molecular complexity index is 418. The molecule has 0 aliphatic carbocycles. The number of fused-ring (bicyclic) bond motifs is 2. The molecule has 3 heteroatoms. The fraction of sp³-hybridized carbons (Fsp3) is 0.688. The van der Waals surface area contributed by atoms with Crippen LogP contribution >= 0.6 is 0 Å². The molecular formula is C16H25N3. The first-order valence-electron chi connectivity index (χ1n) is 7.71. The maximum Gasteiger partial charge on any atom is 0.0560 e. The molecule has 2 fully saturated rings. The zero-order valence-corrected chi connectivity index (χ0v) is 12.1. The van der Waals surface area contributed by atoms with Crippen molar-refractivity contribution in [3.63, 3.8) is 0 Å². The van der Waals surface area contributed by atoms with Crippen LogP contribution in [0.15, 0.2) is 18.5 Å². The number of nitrogens with one attached hydrogen (secondary N) is 1. The molecule has 3 rings (SSSR count). The van der Waals surface area contributed by atoms with Crippen LogP contribution in [-0.2, 0) is 0 Å². The van der Waals surface area contributed by atoms with Crippen molar-refractivity contribution >= 4 is 5.69 Å². The van der Waals surface area contributed by atoms with Gasteiger partial charge in [-0.2, -0.15) is 0 Å². The van der Waals surface area contributed by atoms with Crippen molar-refractivity contribution in [3.05, 3.63) is 24.0 Å². The van der Waals surface area contributed by atoms with Crippen molar-refractivity contribution in [2.24, 2.45) is 0 Å². The van der Waals surface area contributed by atoms with Crippen LogP contribution in [0.2, 0.25) is 0 Å². The normalized spacial score (nSPS) is 29.8. The van der Waals surface area contributed by atoms with Gasteiger partial charge in [-0.25, -0.2) is 0 Å². The second-order valence-corrected chi connectivity index (χ2v) is 6.14. The lowest BCUT2D eigenvalue weighted by molar-refractivity contribution is 0.356. The van der Waals surface area contributed by atoms with Crippen molar-refractivity contribution in [2.75, 3.05) is 11.4 Å². The molecule has 1 N–H and O–H groups in total. The average molecular weight is 259 g/mol. The highest BCUT2D eigenvalue weighted by molar-refractivity contribution is 5.50. The molecule has 3 heterocycles. The quantitative estimate of drug-likeness (QED) is 0.901. The van der Waals surface area contributed by atoms with Crippen LogP contribution in [0, 0.1) is 6.92 Å². The largest absolute Gasteiger partial charge is 0.364 e. The number of hydrogen-bond donors (Lipinski definition) is 1. The average Bonchev–Trinajstić information content (AvgIpc) is 2.68. The summed E-state index contributed by atoms with van der Waals surface area (Å²) in [4.78, 5) is 7.01. The first-order valence-corrected chi connectivity index (χ1v) is 7.71. The van der Waals surface area contributed by atoms with E-state index in [9.17, 15) is 0 Å². The summed E-state index contributed by atoms with van der Waals surface area (Å²) in [5, 5.41) is 3.71. The third-order valence-electron chi connectivity index (χ3n) is 4.57. The number of piperidine rings is 1. The van der Waals surface area contributed by atoms with Crippen LogP contribution in [-0.4, -0.2) is 29.7 Å². The molecular weight excluding hydrogens is 234 g/mol. The van der Waals surface area contributed by atoms with Gasteiger partial charge in [-0.05, 0) is 57.2 Å². The molecule has 2 aliphatic rings. The lowest BCUT2D eigenvalue weighted by Crippen LogP contribution is -2.49. The molecule has 2 atom stereocenters. The molecule has 0 aromatic carbocycles. The molecule has 2 unspecified atom stereocenters. The molecule has 19 heavy (non-hydrogen) atoms. The van der Waals surface area contributed by atoms with Gasteiger partial charge in [0.25, 0.3) is 0 Å². The molecule has 3 nitrogen and oxygen atoms in total. The van der Waals surface area contributed by atoms with E-state index >= 15 is 0 Å². The Hall–Kier alpha value is -1.09. The third-order valence-corrected chi connectivity index (χ3v) is 4.57. The van der Waals surface area contributed by atoms with Gasteiger partial charge in [0.05, 0.1) is 11.9 Å². The summed E-state index contributed by atoms with van der Waals surface area (Å²) in [5.74, 6) is 0. The van der Waals surface area contributed by atoms with E-state index in [0.29, 0.717) is 0 Å². The minimum absolute atomic E-state index is 0.719. The van der Waals surface area contributed by atoms with Crippen molar-refractivity contribution < 1.29 is 0 Å². The molecule has 1 aromatic heterocycles. The number of anilines is 1. The molecule has 0 amide bonds. The maximum atomic E-state index is 4.37. The number of rotatable bonds is 4. The molecule has 104 valence electrons. The Balaban J connectivity index is 1.73. The Kier molecular flexibility index (Phi) is 3.74. The zero-order valence-electron chi connectivity index (χ0n) is 12.1. The lowest BCUT2D eigenvalue weighted by Gasteiger charge is -2.40. The topological polar surface area (TPSA) is 28.2 Å². The lowest BCUT2D eigenvalue weighted by atomic mass is 9.96. The van der Waals surface area contributed by atoms with Crippen molar-refractivity contribution in [1.29, 1.82) is 0 Å². The highest BCUT2D eigenvalue weighted by Gasteiger charge is 2.40. The van der Waals surface area contributed by atoms with Crippen molar-refractivity contribution in [1.82, 2.24) is 10.3 Å². The Labute approximate surface area is 116 Å². The third kappa shape index (κ3) is 2.62. The first-order chi connectivity index (χ1) is 9.28. The second kappa shape index (κ2) is 5.49. The van der Waals surface area contributed by atoms with Crippen molar-refractivity contribution in [3.8, 4) is 0 Å². The highest BCUT2D eigenvalue weighted by atomic mass is 15.2. The summed E-state index contributed by atoms with van der Waals surface area (Å²) in [6, 6.07) is 4.46. The number of aromatic nitrogens is 1. The number of hydrogen-bond acceptors (Lipinski definition) is 3. The molecule has 1 aromatic rings. The van der Waals surface area contributed by atoms with Gasteiger partial charge in [0, 0.05) is 24.3 Å². The maximum absolute atomic E-state index is 4.37. The van der Waals surface area contributed by atoms with Gasteiger partial charge in [-0.1, -0.05) is 6.92 Å². The predicted octanol–water partition coefficient (Wildman–Crippen LogP) is 2.89. The predicted molar refractivity (Wildman–Crippen MR) is 79.6 cm³/mol.